The number of para-hydroxylation sites is 2. The minimum Gasteiger partial charge on any atom is -0.423 e. The SMILES string of the molecule is OC12CCCCC1CN(c1nc3ccccc3o1)CC2. The molecule has 1 N–H and O–H groups in total. The van der Waals surface area contributed by atoms with Crippen molar-refractivity contribution in [2.24, 2.45) is 5.92 Å². The first-order valence-electron chi connectivity index (χ1n) is 7.57. The lowest BCUT2D eigenvalue weighted by molar-refractivity contribution is -0.0618. The number of hydrogen-bond acceptors (Lipinski definition) is 4. The number of anilines is 1. The fraction of sp³-hybridized carbons (Fsp3) is 0.562. The number of rotatable bonds is 1. The van der Waals surface area contributed by atoms with Gasteiger partial charge in [-0.3, -0.25) is 0 Å². The highest BCUT2D eigenvalue weighted by molar-refractivity contribution is 5.74. The molecule has 2 unspecified atom stereocenters. The lowest BCUT2D eigenvalue weighted by atomic mass is 9.71. The average Bonchev–Trinajstić information content (AvgIpc) is 2.90. The third kappa shape index (κ3) is 1.90. The van der Waals surface area contributed by atoms with Crippen LogP contribution < -0.4 is 4.90 Å². The molecule has 2 heterocycles. The van der Waals surface area contributed by atoms with E-state index < -0.39 is 5.60 Å². The van der Waals surface area contributed by atoms with E-state index in [1.54, 1.807) is 0 Å². The summed E-state index contributed by atoms with van der Waals surface area (Å²) < 4.78 is 5.85. The molecule has 0 bridgehead atoms. The molecule has 1 aromatic carbocycles. The molecule has 2 aliphatic rings. The highest BCUT2D eigenvalue weighted by atomic mass is 16.4. The first-order chi connectivity index (χ1) is 9.74. The van der Waals surface area contributed by atoms with Crippen LogP contribution in [-0.4, -0.2) is 28.8 Å². The minimum absolute atomic E-state index is 0.361. The van der Waals surface area contributed by atoms with Crippen molar-refractivity contribution in [1.29, 1.82) is 0 Å². The molecule has 2 fully saturated rings. The van der Waals surface area contributed by atoms with Crippen molar-refractivity contribution >= 4 is 17.1 Å². The van der Waals surface area contributed by atoms with Crippen LogP contribution in [0.2, 0.25) is 0 Å². The Morgan fingerprint density at radius 1 is 1.25 bits per heavy atom. The first kappa shape index (κ1) is 12.2. The Balaban J connectivity index is 1.60. The van der Waals surface area contributed by atoms with E-state index in [1.165, 1.54) is 6.42 Å². The molecule has 1 saturated heterocycles. The topological polar surface area (TPSA) is 49.5 Å². The molecule has 1 aromatic heterocycles. The molecule has 0 amide bonds. The summed E-state index contributed by atoms with van der Waals surface area (Å²) in [5.41, 5.74) is 1.31. The molecule has 20 heavy (non-hydrogen) atoms. The van der Waals surface area contributed by atoms with Gasteiger partial charge in [0.1, 0.15) is 5.52 Å². The largest absolute Gasteiger partial charge is 0.423 e. The number of fused-ring (bicyclic) bond motifs is 2. The standard InChI is InChI=1S/C16H20N2O2/c19-16-8-4-3-5-12(16)11-18(10-9-16)15-17-13-6-1-2-7-14(13)20-15/h1-2,6-7,12,19H,3-5,8-11H2. The van der Waals surface area contributed by atoms with Crippen molar-refractivity contribution in [1.82, 2.24) is 4.98 Å². The van der Waals surface area contributed by atoms with E-state index in [0.717, 1.165) is 49.9 Å². The van der Waals surface area contributed by atoms with E-state index >= 15 is 0 Å². The monoisotopic (exact) mass is 272 g/mol. The average molecular weight is 272 g/mol. The van der Waals surface area contributed by atoms with Crippen LogP contribution in [0.15, 0.2) is 28.7 Å². The summed E-state index contributed by atoms with van der Waals surface area (Å²) in [6.07, 6.45) is 5.30. The molecule has 0 spiro atoms. The number of aromatic nitrogens is 1. The van der Waals surface area contributed by atoms with Crippen LogP contribution in [0.5, 0.6) is 0 Å². The third-order valence-electron chi connectivity index (χ3n) is 4.98. The zero-order valence-electron chi connectivity index (χ0n) is 11.6. The van der Waals surface area contributed by atoms with Gasteiger partial charge in [0.05, 0.1) is 5.60 Å². The van der Waals surface area contributed by atoms with Crippen molar-refractivity contribution in [2.75, 3.05) is 18.0 Å². The van der Waals surface area contributed by atoms with Crippen LogP contribution in [0.25, 0.3) is 11.1 Å². The minimum atomic E-state index is -0.444. The Morgan fingerprint density at radius 2 is 2.15 bits per heavy atom. The molecular formula is C16H20N2O2. The normalized spacial score (nSPS) is 30.4. The zero-order chi connectivity index (χ0) is 13.6. The molecule has 4 rings (SSSR count). The quantitative estimate of drug-likeness (QED) is 0.867. The van der Waals surface area contributed by atoms with Gasteiger partial charge in [0.25, 0.3) is 6.01 Å². The second kappa shape index (κ2) is 4.48. The Kier molecular flexibility index (Phi) is 2.74. The van der Waals surface area contributed by atoms with Gasteiger partial charge in [-0.2, -0.15) is 4.98 Å². The van der Waals surface area contributed by atoms with Gasteiger partial charge in [0.15, 0.2) is 5.58 Å². The number of piperidine rings is 1. The van der Waals surface area contributed by atoms with E-state index in [0.29, 0.717) is 11.9 Å². The highest BCUT2D eigenvalue weighted by Crippen LogP contribution is 2.41. The lowest BCUT2D eigenvalue weighted by Gasteiger charge is -2.46. The first-order valence-corrected chi connectivity index (χ1v) is 7.57. The lowest BCUT2D eigenvalue weighted by Crippen LogP contribution is -2.53. The van der Waals surface area contributed by atoms with Gasteiger partial charge in [-0.25, -0.2) is 0 Å². The van der Waals surface area contributed by atoms with Gasteiger partial charge >= 0.3 is 0 Å². The second-order valence-electron chi connectivity index (χ2n) is 6.21. The number of hydrogen-bond donors (Lipinski definition) is 1. The van der Waals surface area contributed by atoms with E-state index in [9.17, 15) is 5.11 Å². The fourth-order valence-electron chi connectivity index (χ4n) is 3.74. The second-order valence-corrected chi connectivity index (χ2v) is 6.21. The number of oxazole rings is 1. The van der Waals surface area contributed by atoms with Crippen LogP contribution in [0.1, 0.15) is 32.1 Å². The van der Waals surface area contributed by atoms with Gasteiger partial charge in [-0.1, -0.05) is 25.0 Å². The van der Waals surface area contributed by atoms with Gasteiger partial charge < -0.3 is 14.4 Å². The van der Waals surface area contributed by atoms with Crippen LogP contribution in [-0.2, 0) is 0 Å². The van der Waals surface area contributed by atoms with Crippen molar-refractivity contribution in [2.45, 2.75) is 37.7 Å². The van der Waals surface area contributed by atoms with Crippen molar-refractivity contribution in [3.63, 3.8) is 0 Å². The van der Waals surface area contributed by atoms with Crippen LogP contribution >= 0.6 is 0 Å². The fourth-order valence-corrected chi connectivity index (χ4v) is 3.74. The maximum atomic E-state index is 10.7. The van der Waals surface area contributed by atoms with Gasteiger partial charge in [0.2, 0.25) is 0 Å². The number of benzene rings is 1. The Morgan fingerprint density at radius 3 is 3.05 bits per heavy atom. The maximum absolute atomic E-state index is 10.7. The molecule has 2 aromatic rings. The molecular weight excluding hydrogens is 252 g/mol. The van der Waals surface area contributed by atoms with E-state index in [-0.39, 0.29) is 0 Å². The number of aliphatic hydroxyl groups is 1. The molecule has 1 aliphatic heterocycles. The van der Waals surface area contributed by atoms with E-state index in [1.807, 2.05) is 24.3 Å². The van der Waals surface area contributed by atoms with Crippen LogP contribution in [0.3, 0.4) is 0 Å². The van der Waals surface area contributed by atoms with Crippen LogP contribution in [0.4, 0.5) is 6.01 Å². The molecule has 1 aliphatic carbocycles. The molecule has 4 nitrogen and oxygen atoms in total. The summed E-state index contributed by atoms with van der Waals surface area (Å²) in [6.45, 7) is 1.70. The zero-order valence-corrected chi connectivity index (χ0v) is 11.6. The van der Waals surface area contributed by atoms with E-state index in [2.05, 4.69) is 9.88 Å². The summed E-state index contributed by atoms with van der Waals surface area (Å²) in [5, 5.41) is 10.7. The Bertz CT molecular complexity index is 591. The maximum Gasteiger partial charge on any atom is 0.298 e. The predicted octanol–water partition coefficient (Wildman–Crippen LogP) is 2.96. The third-order valence-corrected chi connectivity index (χ3v) is 4.98. The molecule has 2 atom stereocenters. The summed E-state index contributed by atoms with van der Waals surface area (Å²) >= 11 is 0. The molecule has 106 valence electrons. The highest BCUT2D eigenvalue weighted by Gasteiger charge is 2.43. The van der Waals surface area contributed by atoms with Gasteiger partial charge in [0, 0.05) is 19.0 Å². The van der Waals surface area contributed by atoms with Crippen molar-refractivity contribution < 1.29 is 9.52 Å². The summed E-state index contributed by atoms with van der Waals surface area (Å²) in [5.74, 6) is 0.361. The number of nitrogens with zero attached hydrogens (tertiary/aromatic N) is 2. The summed E-state index contributed by atoms with van der Waals surface area (Å²) in [6, 6.07) is 8.58. The predicted molar refractivity (Wildman–Crippen MR) is 77.7 cm³/mol. The van der Waals surface area contributed by atoms with Gasteiger partial charge in [-0.05, 0) is 31.4 Å². The molecule has 0 radical (unpaired) electrons. The van der Waals surface area contributed by atoms with Crippen molar-refractivity contribution in [3.8, 4) is 0 Å². The van der Waals surface area contributed by atoms with Crippen molar-refractivity contribution in [3.05, 3.63) is 24.3 Å². The molecule has 1 saturated carbocycles. The Labute approximate surface area is 118 Å². The van der Waals surface area contributed by atoms with Gasteiger partial charge in [-0.15, -0.1) is 0 Å². The Hall–Kier alpha value is -1.55. The van der Waals surface area contributed by atoms with E-state index in [4.69, 9.17) is 4.42 Å². The summed E-state index contributed by atoms with van der Waals surface area (Å²) in [4.78, 5) is 6.77. The summed E-state index contributed by atoms with van der Waals surface area (Å²) in [7, 11) is 0. The smallest absolute Gasteiger partial charge is 0.298 e. The molecule has 4 heteroatoms. The van der Waals surface area contributed by atoms with Crippen LogP contribution in [0, 0.1) is 5.92 Å².